The first-order chi connectivity index (χ1) is 7.20. The number of hydrogen-bond donors (Lipinski definition) is 1. The van der Waals surface area contributed by atoms with E-state index < -0.39 is 0 Å². The van der Waals surface area contributed by atoms with Crippen molar-refractivity contribution in [2.75, 3.05) is 13.1 Å². The Morgan fingerprint density at radius 1 is 1.67 bits per heavy atom. The first-order valence-corrected chi connectivity index (χ1v) is 5.26. The molecule has 4 nitrogen and oxygen atoms in total. The van der Waals surface area contributed by atoms with E-state index in [0.29, 0.717) is 25.3 Å². The lowest BCUT2D eigenvalue weighted by atomic mass is 10.3. The van der Waals surface area contributed by atoms with Crippen LogP contribution < -0.4 is 0 Å². The molecule has 15 heavy (non-hydrogen) atoms. The largest absolute Gasteiger partial charge is 0.456 e. The van der Waals surface area contributed by atoms with Crippen molar-refractivity contribution in [3.63, 3.8) is 0 Å². The van der Waals surface area contributed by atoms with Crippen LogP contribution in [0.3, 0.4) is 0 Å². The lowest BCUT2D eigenvalue weighted by Gasteiger charge is -2.13. The minimum Gasteiger partial charge on any atom is -0.456 e. The highest BCUT2D eigenvalue weighted by Gasteiger charge is 2.26. The molecule has 0 radical (unpaired) electrons. The Morgan fingerprint density at radius 2 is 2.47 bits per heavy atom. The molecular weight excluding hydrogens is 194 g/mol. The Hall–Kier alpha value is -1.29. The maximum atomic E-state index is 11.8. The van der Waals surface area contributed by atoms with Gasteiger partial charge in [0.25, 0.3) is 5.91 Å². The molecular formula is C11H15NO3. The lowest BCUT2D eigenvalue weighted by molar-refractivity contribution is 0.0732. The molecule has 2 rings (SSSR count). The molecule has 2 heterocycles. The van der Waals surface area contributed by atoms with Gasteiger partial charge in [-0.05, 0) is 18.6 Å². The second-order valence-corrected chi connectivity index (χ2v) is 3.81. The van der Waals surface area contributed by atoms with E-state index in [4.69, 9.17) is 4.42 Å². The summed E-state index contributed by atoms with van der Waals surface area (Å²) in [6.45, 7) is 3.01. The number of aryl methyl sites for hydroxylation is 1. The second-order valence-electron chi connectivity index (χ2n) is 3.81. The van der Waals surface area contributed by atoms with Crippen molar-refractivity contribution in [1.82, 2.24) is 4.90 Å². The third-order valence-corrected chi connectivity index (χ3v) is 2.67. The third-order valence-electron chi connectivity index (χ3n) is 2.67. The number of hydrogen-bond acceptors (Lipinski definition) is 3. The zero-order chi connectivity index (χ0) is 10.8. The fourth-order valence-electron chi connectivity index (χ4n) is 1.76. The molecule has 1 fully saturated rings. The normalized spacial score (nSPS) is 20.9. The van der Waals surface area contributed by atoms with Gasteiger partial charge < -0.3 is 14.4 Å². The molecule has 1 saturated heterocycles. The van der Waals surface area contributed by atoms with Crippen LogP contribution in [0.5, 0.6) is 0 Å². The SMILES string of the molecule is CCc1ccc(C(=O)N2CC[C@H](O)C2)o1. The molecule has 0 bridgehead atoms. The van der Waals surface area contributed by atoms with Gasteiger partial charge >= 0.3 is 0 Å². The van der Waals surface area contributed by atoms with E-state index >= 15 is 0 Å². The minimum absolute atomic E-state index is 0.119. The summed E-state index contributed by atoms with van der Waals surface area (Å²) in [5, 5.41) is 9.32. The Bertz CT molecular complexity index is 358. The first kappa shape index (κ1) is 10.2. The fourth-order valence-corrected chi connectivity index (χ4v) is 1.76. The number of aliphatic hydroxyl groups excluding tert-OH is 1. The molecule has 82 valence electrons. The summed E-state index contributed by atoms with van der Waals surface area (Å²) in [6, 6.07) is 3.52. The predicted octanol–water partition coefficient (Wildman–Crippen LogP) is 1.05. The van der Waals surface area contributed by atoms with E-state index in [0.717, 1.165) is 12.2 Å². The van der Waals surface area contributed by atoms with Gasteiger partial charge in [0.05, 0.1) is 6.10 Å². The molecule has 0 saturated carbocycles. The standard InChI is InChI=1S/C11H15NO3/c1-2-9-3-4-10(15-9)11(14)12-6-5-8(13)7-12/h3-4,8,13H,2,5-7H2,1H3/t8-/m0/s1. The number of likely N-dealkylation sites (tertiary alicyclic amines) is 1. The molecule has 1 aliphatic heterocycles. The summed E-state index contributed by atoms with van der Waals surface area (Å²) in [5.74, 6) is 1.07. The van der Waals surface area contributed by atoms with Gasteiger partial charge in [0.15, 0.2) is 5.76 Å². The first-order valence-electron chi connectivity index (χ1n) is 5.26. The van der Waals surface area contributed by atoms with Crippen molar-refractivity contribution in [2.24, 2.45) is 0 Å². The monoisotopic (exact) mass is 209 g/mol. The zero-order valence-electron chi connectivity index (χ0n) is 8.77. The maximum absolute atomic E-state index is 11.8. The van der Waals surface area contributed by atoms with E-state index in [1.54, 1.807) is 11.0 Å². The number of carbonyl (C=O) groups excluding carboxylic acids is 1. The molecule has 1 N–H and O–H groups in total. The number of rotatable bonds is 2. The van der Waals surface area contributed by atoms with Crippen molar-refractivity contribution in [3.8, 4) is 0 Å². The van der Waals surface area contributed by atoms with Gasteiger partial charge in [-0.25, -0.2) is 0 Å². The van der Waals surface area contributed by atoms with E-state index in [1.165, 1.54) is 0 Å². The Labute approximate surface area is 88.5 Å². The smallest absolute Gasteiger partial charge is 0.289 e. The Balaban J connectivity index is 2.07. The number of β-amino-alcohol motifs (C(OH)–C–C–N with tert-alkyl or cyclic N) is 1. The number of carbonyl (C=O) groups is 1. The van der Waals surface area contributed by atoms with Crippen LogP contribution in [0.15, 0.2) is 16.5 Å². The number of nitrogens with zero attached hydrogens (tertiary/aromatic N) is 1. The molecule has 1 aliphatic rings. The van der Waals surface area contributed by atoms with E-state index in [-0.39, 0.29) is 12.0 Å². The van der Waals surface area contributed by atoms with Crippen molar-refractivity contribution >= 4 is 5.91 Å². The molecule has 1 aromatic heterocycles. The minimum atomic E-state index is -0.380. The molecule has 4 heteroatoms. The highest BCUT2D eigenvalue weighted by molar-refractivity contribution is 5.91. The van der Waals surface area contributed by atoms with Crippen molar-refractivity contribution in [3.05, 3.63) is 23.7 Å². The van der Waals surface area contributed by atoms with Gasteiger partial charge in [-0.3, -0.25) is 4.79 Å². The molecule has 1 atom stereocenters. The van der Waals surface area contributed by atoms with Gasteiger partial charge in [0, 0.05) is 19.5 Å². The molecule has 1 aromatic rings. The van der Waals surface area contributed by atoms with Crippen LogP contribution in [0.25, 0.3) is 0 Å². The average Bonchev–Trinajstić information content (AvgIpc) is 2.84. The zero-order valence-corrected chi connectivity index (χ0v) is 8.77. The van der Waals surface area contributed by atoms with Crippen LogP contribution in [-0.4, -0.2) is 35.1 Å². The Morgan fingerprint density at radius 3 is 3.00 bits per heavy atom. The average molecular weight is 209 g/mol. The molecule has 0 aromatic carbocycles. The second kappa shape index (κ2) is 4.06. The summed E-state index contributed by atoms with van der Waals surface area (Å²) in [4.78, 5) is 13.5. The topological polar surface area (TPSA) is 53.7 Å². The number of amides is 1. The van der Waals surface area contributed by atoms with Crippen LogP contribution >= 0.6 is 0 Å². The van der Waals surface area contributed by atoms with Gasteiger partial charge in [-0.2, -0.15) is 0 Å². The summed E-state index contributed by atoms with van der Waals surface area (Å²) in [5.41, 5.74) is 0. The highest BCUT2D eigenvalue weighted by Crippen LogP contribution is 2.15. The molecule has 0 aliphatic carbocycles. The van der Waals surface area contributed by atoms with Crippen molar-refractivity contribution < 1.29 is 14.3 Å². The number of furan rings is 1. The van der Waals surface area contributed by atoms with Gasteiger partial charge in [-0.1, -0.05) is 6.92 Å². The van der Waals surface area contributed by atoms with Crippen LogP contribution in [0.1, 0.15) is 29.7 Å². The molecule has 0 spiro atoms. The van der Waals surface area contributed by atoms with E-state index in [1.807, 2.05) is 13.0 Å². The van der Waals surface area contributed by atoms with E-state index in [2.05, 4.69) is 0 Å². The van der Waals surface area contributed by atoms with Gasteiger partial charge in [0.2, 0.25) is 0 Å². The fraction of sp³-hybridized carbons (Fsp3) is 0.545. The van der Waals surface area contributed by atoms with Crippen molar-refractivity contribution in [1.29, 1.82) is 0 Å². The van der Waals surface area contributed by atoms with E-state index in [9.17, 15) is 9.90 Å². The Kier molecular flexibility index (Phi) is 2.77. The van der Waals surface area contributed by atoms with Gasteiger partial charge in [-0.15, -0.1) is 0 Å². The van der Waals surface area contributed by atoms with Crippen LogP contribution in [-0.2, 0) is 6.42 Å². The van der Waals surface area contributed by atoms with Crippen molar-refractivity contribution in [2.45, 2.75) is 25.9 Å². The lowest BCUT2D eigenvalue weighted by Crippen LogP contribution is -2.29. The van der Waals surface area contributed by atoms with Crippen LogP contribution in [0.2, 0.25) is 0 Å². The van der Waals surface area contributed by atoms with Gasteiger partial charge in [0.1, 0.15) is 5.76 Å². The molecule has 0 unspecified atom stereocenters. The highest BCUT2D eigenvalue weighted by atomic mass is 16.4. The molecule has 1 amide bonds. The predicted molar refractivity (Wildman–Crippen MR) is 54.6 cm³/mol. The summed E-state index contributed by atoms with van der Waals surface area (Å²) in [6.07, 6.45) is 1.07. The van der Waals surface area contributed by atoms with Crippen LogP contribution in [0, 0.1) is 0 Å². The summed E-state index contributed by atoms with van der Waals surface area (Å²) in [7, 11) is 0. The summed E-state index contributed by atoms with van der Waals surface area (Å²) >= 11 is 0. The quantitative estimate of drug-likeness (QED) is 0.792. The maximum Gasteiger partial charge on any atom is 0.289 e. The number of aliphatic hydroxyl groups is 1. The summed E-state index contributed by atoms with van der Waals surface area (Å²) < 4.78 is 5.37. The van der Waals surface area contributed by atoms with Crippen LogP contribution in [0.4, 0.5) is 0 Å². The third kappa shape index (κ3) is 2.04.